The van der Waals surface area contributed by atoms with Crippen molar-refractivity contribution in [3.8, 4) is 0 Å². The lowest BCUT2D eigenvalue weighted by molar-refractivity contribution is 0.0691. The predicted molar refractivity (Wildman–Crippen MR) is 85.2 cm³/mol. The second kappa shape index (κ2) is 7.02. The van der Waals surface area contributed by atoms with Gasteiger partial charge in [0, 0.05) is 26.2 Å². The van der Waals surface area contributed by atoms with Crippen molar-refractivity contribution in [2.75, 3.05) is 32.7 Å². The molecular formula is C15H24N2O5S. The summed E-state index contributed by atoms with van der Waals surface area (Å²) in [5.41, 5.74) is -0.254. The van der Waals surface area contributed by atoms with Gasteiger partial charge in [-0.3, -0.25) is 0 Å². The lowest BCUT2D eigenvalue weighted by Crippen LogP contribution is -2.48. The third-order valence-corrected chi connectivity index (χ3v) is 6.23. The van der Waals surface area contributed by atoms with Gasteiger partial charge in [-0.2, -0.15) is 4.31 Å². The second-order valence-electron chi connectivity index (χ2n) is 5.82. The van der Waals surface area contributed by atoms with E-state index < -0.39 is 16.0 Å². The standard InChI is InChI=1S/C15H24N2O5S/c1-4-5-6-16-7-9-17(10-8-16)23(20,21)14-12(3)22-11(2)13(14)15(18)19/h4-10H2,1-3H3,(H,18,19). The van der Waals surface area contributed by atoms with Gasteiger partial charge in [0.25, 0.3) is 0 Å². The molecule has 8 heteroatoms. The van der Waals surface area contributed by atoms with Crippen molar-refractivity contribution in [1.82, 2.24) is 9.21 Å². The third kappa shape index (κ3) is 3.59. The van der Waals surface area contributed by atoms with Gasteiger partial charge in [-0.15, -0.1) is 0 Å². The molecule has 23 heavy (non-hydrogen) atoms. The first-order valence-electron chi connectivity index (χ1n) is 7.84. The van der Waals surface area contributed by atoms with Crippen LogP contribution in [0.1, 0.15) is 41.6 Å². The Balaban J connectivity index is 2.23. The molecule has 0 spiro atoms. The first-order chi connectivity index (χ1) is 10.8. The summed E-state index contributed by atoms with van der Waals surface area (Å²) >= 11 is 0. The Labute approximate surface area is 136 Å². The van der Waals surface area contributed by atoms with Gasteiger partial charge in [0.1, 0.15) is 22.0 Å². The van der Waals surface area contributed by atoms with E-state index in [0.717, 1.165) is 19.4 Å². The van der Waals surface area contributed by atoms with E-state index in [1.165, 1.54) is 18.2 Å². The molecule has 0 amide bonds. The topological polar surface area (TPSA) is 91.1 Å². The van der Waals surface area contributed by atoms with E-state index in [2.05, 4.69) is 11.8 Å². The smallest absolute Gasteiger partial charge is 0.340 e. The van der Waals surface area contributed by atoms with Gasteiger partial charge in [0.2, 0.25) is 10.0 Å². The molecule has 0 saturated carbocycles. The number of sulfonamides is 1. The van der Waals surface area contributed by atoms with Crippen molar-refractivity contribution in [2.45, 2.75) is 38.5 Å². The zero-order valence-corrected chi connectivity index (χ0v) is 14.6. The summed E-state index contributed by atoms with van der Waals surface area (Å²) in [6.45, 7) is 8.12. The highest BCUT2D eigenvalue weighted by Crippen LogP contribution is 2.29. The second-order valence-corrected chi connectivity index (χ2v) is 7.70. The Morgan fingerprint density at radius 3 is 2.30 bits per heavy atom. The predicted octanol–water partition coefficient (Wildman–Crippen LogP) is 1.70. The number of hydrogen-bond acceptors (Lipinski definition) is 5. The van der Waals surface area contributed by atoms with E-state index in [9.17, 15) is 18.3 Å². The van der Waals surface area contributed by atoms with Gasteiger partial charge in [0.15, 0.2) is 0 Å². The zero-order chi connectivity index (χ0) is 17.2. The molecule has 0 unspecified atom stereocenters. The number of piperazine rings is 1. The van der Waals surface area contributed by atoms with Crippen LogP contribution in [0.4, 0.5) is 0 Å². The maximum absolute atomic E-state index is 12.9. The molecule has 0 atom stereocenters. The number of rotatable bonds is 6. The highest BCUT2D eigenvalue weighted by Gasteiger charge is 2.36. The van der Waals surface area contributed by atoms with Gasteiger partial charge in [-0.1, -0.05) is 13.3 Å². The van der Waals surface area contributed by atoms with Crippen molar-refractivity contribution in [3.05, 3.63) is 17.1 Å². The monoisotopic (exact) mass is 344 g/mol. The van der Waals surface area contributed by atoms with E-state index in [4.69, 9.17) is 4.42 Å². The van der Waals surface area contributed by atoms with Gasteiger partial charge in [0.05, 0.1) is 0 Å². The van der Waals surface area contributed by atoms with Crippen LogP contribution >= 0.6 is 0 Å². The van der Waals surface area contributed by atoms with Crippen LogP contribution in [0.25, 0.3) is 0 Å². The number of aromatic carboxylic acids is 1. The molecule has 7 nitrogen and oxygen atoms in total. The number of nitrogens with zero attached hydrogens (tertiary/aromatic N) is 2. The third-order valence-electron chi connectivity index (χ3n) is 4.18. The van der Waals surface area contributed by atoms with E-state index in [-0.39, 0.29) is 22.0 Å². The lowest BCUT2D eigenvalue weighted by atomic mass is 10.2. The maximum atomic E-state index is 12.9. The summed E-state index contributed by atoms with van der Waals surface area (Å²) in [5.74, 6) is -1.03. The van der Waals surface area contributed by atoms with Crippen LogP contribution in [-0.4, -0.2) is 61.4 Å². The first-order valence-corrected chi connectivity index (χ1v) is 9.28. The van der Waals surface area contributed by atoms with Crippen molar-refractivity contribution >= 4 is 16.0 Å². The summed E-state index contributed by atoms with van der Waals surface area (Å²) < 4.78 is 32.3. The molecule has 0 bridgehead atoms. The molecule has 2 rings (SSSR count). The van der Waals surface area contributed by atoms with Gasteiger partial charge >= 0.3 is 5.97 Å². The van der Waals surface area contributed by atoms with Crippen LogP contribution in [0.15, 0.2) is 9.31 Å². The molecule has 130 valence electrons. The largest absolute Gasteiger partial charge is 0.478 e. The average molecular weight is 344 g/mol. The summed E-state index contributed by atoms with van der Waals surface area (Å²) in [6.07, 6.45) is 2.20. The van der Waals surface area contributed by atoms with Crippen LogP contribution in [0.2, 0.25) is 0 Å². The SMILES string of the molecule is CCCCN1CCN(S(=O)(=O)c2c(C)oc(C)c2C(=O)O)CC1. The molecular weight excluding hydrogens is 320 g/mol. The number of furan rings is 1. The van der Waals surface area contributed by atoms with Crippen LogP contribution < -0.4 is 0 Å². The Kier molecular flexibility index (Phi) is 5.49. The molecule has 0 aromatic carbocycles. The zero-order valence-electron chi connectivity index (χ0n) is 13.8. The Bertz CT molecular complexity index is 672. The molecule has 1 aromatic heterocycles. The number of aryl methyl sites for hydroxylation is 2. The highest BCUT2D eigenvalue weighted by atomic mass is 32.2. The Morgan fingerprint density at radius 2 is 1.78 bits per heavy atom. The molecule has 1 N–H and O–H groups in total. The van der Waals surface area contributed by atoms with Crippen LogP contribution in [-0.2, 0) is 10.0 Å². The molecule has 1 fully saturated rings. The van der Waals surface area contributed by atoms with Crippen molar-refractivity contribution in [1.29, 1.82) is 0 Å². The summed E-state index contributed by atoms with van der Waals surface area (Å²) in [6, 6.07) is 0. The fourth-order valence-electron chi connectivity index (χ4n) is 2.93. The van der Waals surface area contributed by atoms with Crippen molar-refractivity contribution in [3.63, 3.8) is 0 Å². The number of hydrogen-bond donors (Lipinski definition) is 1. The van der Waals surface area contributed by atoms with Crippen molar-refractivity contribution in [2.24, 2.45) is 0 Å². The Hall–Kier alpha value is -1.38. The van der Waals surface area contributed by atoms with E-state index in [1.807, 2.05) is 0 Å². The van der Waals surface area contributed by atoms with Gasteiger partial charge in [-0.25, -0.2) is 13.2 Å². The molecule has 1 saturated heterocycles. The molecule has 0 aliphatic carbocycles. The summed E-state index contributed by atoms with van der Waals surface area (Å²) in [7, 11) is -3.86. The van der Waals surface area contributed by atoms with Gasteiger partial charge in [-0.05, 0) is 26.8 Å². The molecule has 2 heterocycles. The summed E-state index contributed by atoms with van der Waals surface area (Å²) in [4.78, 5) is 13.4. The number of carboxylic acids is 1. The van der Waals surface area contributed by atoms with Gasteiger partial charge < -0.3 is 14.4 Å². The minimum Gasteiger partial charge on any atom is -0.478 e. The van der Waals surface area contributed by atoms with E-state index in [1.54, 1.807) is 0 Å². The fraction of sp³-hybridized carbons (Fsp3) is 0.667. The number of carboxylic acid groups (broad SMARTS) is 1. The molecule has 1 aromatic rings. The fourth-order valence-corrected chi connectivity index (χ4v) is 4.72. The molecule has 1 aliphatic rings. The molecule has 0 radical (unpaired) electrons. The maximum Gasteiger partial charge on any atom is 0.340 e. The highest BCUT2D eigenvalue weighted by molar-refractivity contribution is 7.89. The minimum atomic E-state index is -3.86. The van der Waals surface area contributed by atoms with E-state index in [0.29, 0.717) is 26.2 Å². The normalized spacial score (nSPS) is 17.5. The number of unbranched alkanes of at least 4 members (excludes halogenated alkanes) is 1. The van der Waals surface area contributed by atoms with Crippen LogP contribution in [0.5, 0.6) is 0 Å². The van der Waals surface area contributed by atoms with Crippen molar-refractivity contribution < 1.29 is 22.7 Å². The lowest BCUT2D eigenvalue weighted by Gasteiger charge is -2.33. The average Bonchev–Trinajstić information content (AvgIpc) is 2.80. The molecule has 1 aliphatic heterocycles. The van der Waals surface area contributed by atoms with E-state index >= 15 is 0 Å². The Morgan fingerprint density at radius 1 is 1.17 bits per heavy atom. The minimum absolute atomic E-state index is 0.121. The number of carbonyl (C=O) groups is 1. The quantitative estimate of drug-likeness (QED) is 0.844. The van der Waals surface area contributed by atoms with Crippen LogP contribution in [0.3, 0.4) is 0 Å². The first kappa shape index (κ1) is 18.0. The van der Waals surface area contributed by atoms with Crippen LogP contribution in [0, 0.1) is 13.8 Å². The summed E-state index contributed by atoms with van der Waals surface area (Å²) in [5, 5.41) is 9.31.